The third kappa shape index (κ3) is 4.64. The largest absolute Gasteiger partial charge is 0.250 e. The molecular formula is C15H18BrNO2S2. The monoisotopic (exact) mass is 387 g/mol. The van der Waals surface area contributed by atoms with Crippen LogP contribution in [0.3, 0.4) is 0 Å². The van der Waals surface area contributed by atoms with Crippen molar-refractivity contribution in [1.29, 1.82) is 0 Å². The summed E-state index contributed by atoms with van der Waals surface area (Å²) < 4.78 is 29.0. The molecule has 114 valence electrons. The normalized spacial score (nSPS) is 13.5. The van der Waals surface area contributed by atoms with E-state index >= 15 is 0 Å². The molecule has 0 radical (unpaired) electrons. The van der Waals surface area contributed by atoms with Gasteiger partial charge in [0, 0.05) is 6.04 Å². The fourth-order valence-corrected chi connectivity index (χ4v) is 5.36. The first kappa shape index (κ1) is 16.7. The molecule has 3 nitrogen and oxygen atoms in total. The van der Waals surface area contributed by atoms with Crippen LogP contribution in [0, 0.1) is 5.92 Å². The molecule has 1 N–H and O–H groups in total. The van der Waals surface area contributed by atoms with E-state index in [1.807, 2.05) is 30.3 Å². The molecule has 1 aromatic heterocycles. The molecule has 0 aliphatic rings. The molecule has 1 heterocycles. The average Bonchev–Trinajstić information content (AvgIpc) is 2.86. The summed E-state index contributed by atoms with van der Waals surface area (Å²) in [6.45, 7) is 4.18. The zero-order valence-electron chi connectivity index (χ0n) is 11.9. The molecule has 1 aromatic carbocycles. The van der Waals surface area contributed by atoms with Gasteiger partial charge in [-0.25, -0.2) is 13.1 Å². The van der Waals surface area contributed by atoms with Gasteiger partial charge in [0.1, 0.15) is 4.21 Å². The average molecular weight is 388 g/mol. The lowest BCUT2D eigenvalue weighted by Gasteiger charge is -2.20. The van der Waals surface area contributed by atoms with Crippen LogP contribution in [0.4, 0.5) is 0 Å². The maximum Gasteiger partial charge on any atom is 0.250 e. The quantitative estimate of drug-likeness (QED) is 0.788. The van der Waals surface area contributed by atoms with Gasteiger partial charge in [0.05, 0.1) is 3.79 Å². The summed E-state index contributed by atoms with van der Waals surface area (Å²) in [5, 5.41) is 0. The third-order valence-corrected chi connectivity index (χ3v) is 6.61. The highest BCUT2D eigenvalue weighted by atomic mass is 79.9. The van der Waals surface area contributed by atoms with E-state index in [9.17, 15) is 8.42 Å². The van der Waals surface area contributed by atoms with E-state index in [0.29, 0.717) is 10.1 Å². The second kappa shape index (κ2) is 7.05. The molecule has 0 bridgehead atoms. The first-order valence-corrected chi connectivity index (χ1v) is 9.80. The van der Waals surface area contributed by atoms with Gasteiger partial charge in [0.25, 0.3) is 10.0 Å². The Labute approximate surface area is 138 Å². The number of nitrogens with one attached hydrogen (secondary N) is 1. The molecule has 0 spiro atoms. The van der Waals surface area contributed by atoms with Gasteiger partial charge in [-0.05, 0) is 46.0 Å². The van der Waals surface area contributed by atoms with Crippen molar-refractivity contribution in [2.45, 2.75) is 30.5 Å². The lowest BCUT2D eigenvalue weighted by atomic mass is 9.98. The summed E-state index contributed by atoms with van der Waals surface area (Å²) in [5.74, 6) is 0.396. The van der Waals surface area contributed by atoms with E-state index in [2.05, 4.69) is 34.5 Å². The van der Waals surface area contributed by atoms with Crippen LogP contribution in [0.25, 0.3) is 0 Å². The first-order chi connectivity index (χ1) is 9.88. The molecule has 0 unspecified atom stereocenters. The Morgan fingerprint density at radius 2 is 1.81 bits per heavy atom. The number of hydrogen-bond acceptors (Lipinski definition) is 3. The van der Waals surface area contributed by atoms with Crippen LogP contribution in [-0.4, -0.2) is 8.42 Å². The highest BCUT2D eigenvalue weighted by Gasteiger charge is 2.23. The second-order valence-corrected chi connectivity index (χ2v) is 9.68. The van der Waals surface area contributed by atoms with E-state index in [4.69, 9.17) is 0 Å². The Kier molecular flexibility index (Phi) is 5.60. The molecule has 2 aromatic rings. The number of halogens is 1. The standard InChI is InChI=1S/C15H18BrNO2S2/c1-11(2)10-13(12-6-4-3-5-7-12)17-21(18,19)15-9-8-14(16)20-15/h3-9,11,13,17H,10H2,1-2H3/t13-/m0/s1. The summed E-state index contributed by atoms with van der Waals surface area (Å²) >= 11 is 4.52. The Bertz CT molecular complexity index is 681. The summed E-state index contributed by atoms with van der Waals surface area (Å²) in [6.07, 6.45) is 0.760. The first-order valence-electron chi connectivity index (χ1n) is 6.71. The second-order valence-electron chi connectivity index (χ2n) is 5.27. The number of sulfonamides is 1. The van der Waals surface area contributed by atoms with Gasteiger partial charge in [-0.1, -0.05) is 44.2 Å². The van der Waals surface area contributed by atoms with E-state index < -0.39 is 10.0 Å². The fourth-order valence-electron chi connectivity index (χ4n) is 2.10. The Hall–Kier alpha value is -0.690. The lowest BCUT2D eigenvalue weighted by molar-refractivity contribution is 0.472. The predicted octanol–water partition coefficient (Wildman–Crippen LogP) is 4.58. The van der Waals surface area contributed by atoms with Crippen LogP contribution in [-0.2, 0) is 10.0 Å². The number of rotatable bonds is 6. The van der Waals surface area contributed by atoms with Crippen LogP contribution < -0.4 is 4.72 Å². The lowest BCUT2D eigenvalue weighted by Crippen LogP contribution is -2.29. The van der Waals surface area contributed by atoms with Crippen molar-refractivity contribution >= 4 is 37.3 Å². The van der Waals surface area contributed by atoms with Gasteiger partial charge < -0.3 is 0 Å². The zero-order valence-corrected chi connectivity index (χ0v) is 15.1. The number of benzene rings is 1. The minimum atomic E-state index is -3.49. The zero-order chi connectivity index (χ0) is 15.5. The van der Waals surface area contributed by atoms with E-state index in [1.165, 1.54) is 11.3 Å². The van der Waals surface area contributed by atoms with E-state index in [0.717, 1.165) is 15.8 Å². The number of hydrogen-bond donors (Lipinski definition) is 1. The maximum absolute atomic E-state index is 12.5. The molecule has 0 amide bonds. The van der Waals surface area contributed by atoms with Crippen molar-refractivity contribution in [3.63, 3.8) is 0 Å². The predicted molar refractivity (Wildman–Crippen MR) is 91.0 cm³/mol. The molecule has 0 aliphatic heterocycles. The number of thiophene rings is 1. The molecular weight excluding hydrogens is 370 g/mol. The van der Waals surface area contributed by atoms with Crippen molar-refractivity contribution < 1.29 is 8.42 Å². The SMILES string of the molecule is CC(C)C[C@H](NS(=O)(=O)c1ccc(Br)s1)c1ccccc1. The molecule has 2 rings (SSSR count). The summed E-state index contributed by atoms with van der Waals surface area (Å²) in [7, 11) is -3.49. The van der Waals surface area contributed by atoms with Crippen molar-refractivity contribution in [2.75, 3.05) is 0 Å². The molecule has 0 fully saturated rings. The van der Waals surface area contributed by atoms with Crippen LogP contribution in [0.1, 0.15) is 31.9 Å². The topological polar surface area (TPSA) is 46.2 Å². The van der Waals surface area contributed by atoms with Crippen molar-refractivity contribution in [1.82, 2.24) is 4.72 Å². The molecule has 0 saturated carbocycles. The summed E-state index contributed by atoms with van der Waals surface area (Å²) in [5.41, 5.74) is 0.991. The summed E-state index contributed by atoms with van der Waals surface area (Å²) in [6, 6.07) is 12.9. The smallest absolute Gasteiger partial charge is 0.206 e. The van der Waals surface area contributed by atoms with E-state index in [-0.39, 0.29) is 6.04 Å². The van der Waals surface area contributed by atoms with Gasteiger partial charge in [-0.3, -0.25) is 0 Å². The van der Waals surface area contributed by atoms with Crippen LogP contribution >= 0.6 is 27.3 Å². The molecule has 1 atom stereocenters. The summed E-state index contributed by atoms with van der Waals surface area (Å²) in [4.78, 5) is 0. The van der Waals surface area contributed by atoms with Crippen LogP contribution in [0.2, 0.25) is 0 Å². The van der Waals surface area contributed by atoms with Crippen LogP contribution in [0.5, 0.6) is 0 Å². The van der Waals surface area contributed by atoms with Gasteiger partial charge in [0.15, 0.2) is 0 Å². The van der Waals surface area contributed by atoms with Crippen molar-refractivity contribution in [3.05, 3.63) is 51.8 Å². The molecule has 6 heteroatoms. The van der Waals surface area contributed by atoms with E-state index in [1.54, 1.807) is 12.1 Å². The third-order valence-electron chi connectivity index (χ3n) is 3.02. The highest BCUT2D eigenvalue weighted by Crippen LogP contribution is 2.29. The highest BCUT2D eigenvalue weighted by molar-refractivity contribution is 9.11. The van der Waals surface area contributed by atoms with Crippen molar-refractivity contribution in [3.8, 4) is 0 Å². The van der Waals surface area contributed by atoms with Gasteiger partial charge in [-0.15, -0.1) is 11.3 Å². The Morgan fingerprint density at radius 3 is 2.33 bits per heavy atom. The molecule has 0 aliphatic carbocycles. The minimum absolute atomic E-state index is 0.211. The Morgan fingerprint density at radius 1 is 1.14 bits per heavy atom. The molecule has 0 saturated heterocycles. The minimum Gasteiger partial charge on any atom is -0.206 e. The van der Waals surface area contributed by atoms with Crippen LogP contribution in [0.15, 0.2) is 50.5 Å². The van der Waals surface area contributed by atoms with Gasteiger partial charge in [-0.2, -0.15) is 0 Å². The molecule has 21 heavy (non-hydrogen) atoms. The Balaban J connectivity index is 2.27. The van der Waals surface area contributed by atoms with Gasteiger partial charge >= 0.3 is 0 Å². The van der Waals surface area contributed by atoms with Crippen molar-refractivity contribution in [2.24, 2.45) is 5.92 Å². The maximum atomic E-state index is 12.5. The van der Waals surface area contributed by atoms with Gasteiger partial charge in [0.2, 0.25) is 0 Å². The fraction of sp³-hybridized carbons (Fsp3) is 0.333.